The topological polar surface area (TPSA) is 67.1 Å². The Morgan fingerprint density at radius 1 is 1.67 bits per heavy atom. The van der Waals surface area contributed by atoms with E-state index in [2.05, 4.69) is 15.2 Å². The molecule has 1 heterocycles. The monoisotopic (exact) mass is 186 g/mol. The molecule has 1 aromatic heterocycles. The Kier molecular flexibility index (Phi) is 6.18. The van der Waals surface area contributed by atoms with Crippen LogP contribution in [-0.4, -0.2) is 22.8 Å². The highest BCUT2D eigenvalue weighted by molar-refractivity contribution is 7.98. The second-order valence-electron chi connectivity index (χ2n) is 1.57. The molecule has 0 aliphatic heterocycles. The predicted molar refractivity (Wildman–Crippen MR) is 54.1 cm³/mol. The molecule has 68 valence electrons. The highest BCUT2D eigenvalue weighted by Gasteiger charge is 1.98. The maximum absolute atomic E-state index is 5.09. The lowest BCUT2D eigenvalue weighted by Gasteiger charge is -1.88. The van der Waals surface area contributed by atoms with E-state index in [0.29, 0.717) is 0 Å². The molecule has 5 heteroatoms. The zero-order valence-corrected chi connectivity index (χ0v) is 8.35. The molecule has 0 aromatic carbocycles. The molecule has 0 aliphatic carbocycles. The number of nitrogens with two attached hydrogens (primary N) is 1. The first-order chi connectivity index (χ1) is 5.88. The Hall–Kier alpha value is -0.970. The molecule has 4 nitrogen and oxygen atoms in total. The molecule has 1 aromatic rings. The third-order valence-corrected chi connectivity index (χ3v) is 1.75. The van der Waals surface area contributed by atoms with Crippen molar-refractivity contribution in [3.05, 3.63) is 6.20 Å². The molecule has 0 atom stereocenters. The van der Waals surface area contributed by atoms with E-state index in [1.165, 1.54) is 6.34 Å². The Morgan fingerprint density at radius 2 is 2.33 bits per heavy atom. The first-order valence-corrected chi connectivity index (χ1v) is 4.92. The van der Waals surface area contributed by atoms with Crippen LogP contribution in [0.2, 0.25) is 0 Å². The van der Waals surface area contributed by atoms with Crippen molar-refractivity contribution in [2.24, 2.45) is 10.7 Å². The lowest BCUT2D eigenvalue weighted by atomic mass is 10.6. The van der Waals surface area contributed by atoms with Crippen molar-refractivity contribution >= 4 is 23.9 Å². The van der Waals surface area contributed by atoms with Crippen LogP contribution in [0, 0.1) is 0 Å². The molecule has 0 saturated carbocycles. The molecule has 0 aliphatic rings. The molecule has 0 amide bonds. The first kappa shape index (κ1) is 11.0. The van der Waals surface area contributed by atoms with Crippen LogP contribution in [0.3, 0.4) is 0 Å². The molecule has 0 radical (unpaired) electrons. The second kappa shape index (κ2) is 6.72. The minimum atomic E-state index is 0.718. The summed E-state index contributed by atoms with van der Waals surface area (Å²) in [5.74, 6) is 0.718. The van der Waals surface area contributed by atoms with Crippen LogP contribution in [0.1, 0.15) is 13.8 Å². The summed E-state index contributed by atoms with van der Waals surface area (Å²) in [6.45, 7) is 4.00. The molecule has 1 rings (SSSR count). The van der Waals surface area contributed by atoms with Gasteiger partial charge in [-0.15, -0.1) is 11.8 Å². The van der Waals surface area contributed by atoms with E-state index in [4.69, 9.17) is 5.73 Å². The number of nitrogens with one attached hydrogen (secondary N) is 1. The second-order valence-corrected chi connectivity index (χ2v) is 2.41. The van der Waals surface area contributed by atoms with Gasteiger partial charge in [-0.25, -0.2) is 4.99 Å². The van der Waals surface area contributed by atoms with Crippen molar-refractivity contribution in [1.29, 1.82) is 0 Å². The molecule has 0 bridgehead atoms. The van der Waals surface area contributed by atoms with E-state index >= 15 is 0 Å². The number of aliphatic imine (C=N–C) groups is 1. The average molecular weight is 186 g/mol. The number of rotatable bonds is 2. The predicted octanol–water partition coefficient (Wildman–Crippen LogP) is 1.78. The van der Waals surface area contributed by atoms with Crippen molar-refractivity contribution in [1.82, 2.24) is 10.2 Å². The van der Waals surface area contributed by atoms with Gasteiger partial charge >= 0.3 is 0 Å². The van der Waals surface area contributed by atoms with Gasteiger partial charge in [0.2, 0.25) is 0 Å². The van der Waals surface area contributed by atoms with Gasteiger partial charge in [0.1, 0.15) is 0 Å². The maximum Gasteiger partial charge on any atom is 0.163 e. The minimum Gasteiger partial charge on any atom is -0.390 e. The van der Waals surface area contributed by atoms with Crippen LogP contribution in [0.4, 0.5) is 5.82 Å². The van der Waals surface area contributed by atoms with Gasteiger partial charge in [-0.1, -0.05) is 13.8 Å². The van der Waals surface area contributed by atoms with Gasteiger partial charge in [-0.2, -0.15) is 5.10 Å². The number of aromatic amines is 1. The van der Waals surface area contributed by atoms with Crippen molar-refractivity contribution < 1.29 is 0 Å². The average Bonchev–Trinajstić information content (AvgIpc) is 2.56. The van der Waals surface area contributed by atoms with Crippen LogP contribution in [0.5, 0.6) is 0 Å². The van der Waals surface area contributed by atoms with Gasteiger partial charge in [0.05, 0.1) is 17.4 Å². The number of thioether (sulfide) groups is 1. The Morgan fingerprint density at radius 3 is 2.83 bits per heavy atom. The summed E-state index contributed by atoms with van der Waals surface area (Å²) in [7, 11) is 0. The fraction of sp³-hybridized carbons (Fsp3) is 0.429. The largest absolute Gasteiger partial charge is 0.390 e. The molecule has 0 saturated heterocycles. The smallest absolute Gasteiger partial charge is 0.163 e. The van der Waals surface area contributed by atoms with Gasteiger partial charge in [-0.05, 0) is 6.26 Å². The van der Waals surface area contributed by atoms with E-state index < -0.39 is 0 Å². The summed E-state index contributed by atoms with van der Waals surface area (Å²) in [6.07, 6.45) is 4.92. The summed E-state index contributed by atoms with van der Waals surface area (Å²) >= 11 is 1.58. The maximum atomic E-state index is 5.09. The normalized spacial score (nSPS) is 9.58. The Balaban J connectivity index is 0.000000561. The molecular weight excluding hydrogens is 172 g/mol. The Bertz CT molecular complexity index is 231. The van der Waals surface area contributed by atoms with Crippen LogP contribution in [0.15, 0.2) is 16.1 Å². The van der Waals surface area contributed by atoms with E-state index in [1.54, 1.807) is 18.0 Å². The third kappa shape index (κ3) is 2.96. The highest BCUT2D eigenvalue weighted by Crippen LogP contribution is 2.23. The van der Waals surface area contributed by atoms with E-state index in [-0.39, 0.29) is 0 Å². The zero-order chi connectivity index (χ0) is 9.40. The van der Waals surface area contributed by atoms with Crippen LogP contribution >= 0.6 is 11.8 Å². The van der Waals surface area contributed by atoms with Gasteiger partial charge < -0.3 is 5.73 Å². The van der Waals surface area contributed by atoms with Gasteiger partial charge in [0.15, 0.2) is 5.82 Å². The number of aromatic nitrogens is 2. The van der Waals surface area contributed by atoms with E-state index in [1.807, 2.05) is 20.1 Å². The molecular formula is C7H14N4S. The fourth-order valence-corrected chi connectivity index (χ4v) is 1.03. The molecule has 0 spiro atoms. The zero-order valence-electron chi connectivity index (χ0n) is 7.53. The quantitative estimate of drug-likeness (QED) is 0.420. The fourth-order valence-electron chi connectivity index (χ4n) is 0.585. The summed E-state index contributed by atoms with van der Waals surface area (Å²) in [6, 6.07) is 0. The lowest BCUT2D eigenvalue weighted by molar-refractivity contribution is 1.08. The molecule has 3 N–H and O–H groups in total. The minimum absolute atomic E-state index is 0.718. The van der Waals surface area contributed by atoms with Crippen molar-refractivity contribution in [3.8, 4) is 0 Å². The molecule has 0 fully saturated rings. The van der Waals surface area contributed by atoms with Crippen molar-refractivity contribution in [2.75, 3.05) is 6.26 Å². The summed E-state index contributed by atoms with van der Waals surface area (Å²) < 4.78 is 0. The first-order valence-electron chi connectivity index (χ1n) is 3.70. The third-order valence-electron chi connectivity index (χ3n) is 1.01. The van der Waals surface area contributed by atoms with Crippen LogP contribution in [0.25, 0.3) is 0 Å². The van der Waals surface area contributed by atoms with E-state index in [0.717, 1.165) is 10.7 Å². The summed E-state index contributed by atoms with van der Waals surface area (Å²) in [4.78, 5) is 4.85. The summed E-state index contributed by atoms with van der Waals surface area (Å²) in [5, 5.41) is 6.51. The number of hydrogen-bond acceptors (Lipinski definition) is 3. The van der Waals surface area contributed by atoms with Crippen molar-refractivity contribution in [2.45, 2.75) is 18.7 Å². The van der Waals surface area contributed by atoms with E-state index in [9.17, 15) is 0 Å². The summed E-state index contributed by atoms with van der Waals surface area (Å²) in [5.41, 5.74) is 5.09. The number of nitrogens with zero attached hydrogens (tertiary/aromatic N) is 2. The molecule has 0 unspecified atom stereocenters. The van der Waals surface area contributed by atoms with Gasteiger partial charge in [-0.3, -0.25) is 5.10 Å². The van der Waals surface area contributed by atoms with Crippen LogP contribution < -0.4 is 5.73 Å². The standard InChI is InChI=1S/C5H8N4S.C2H6/c1-10-4-2-8-9-5(4)7-3-6;1-2/h2-3H,1H3,(H3,6,7,8,9);1-2H3. The number of H-pyrrole nitrogens is 1. The van der Waals surface area contributed by atoms with Gasteiger partial charge in [0.25, 0.3) is 0 Å². The van der Waals surface area contributed by atoms with Crippen molar-refractivity contribution in [3.63, 3.8) is 0 Å². The highest BCUT2D eigenvalue weighted by atomic mass is 32.2. The SMILES string of the molecule is CC.CSc1cn[nH]c1/N=C\N. The Labute approximate surface area is 76.7 Å². The lowest BCUT2D eigenvalue weighted by Crippen LogP contribution is -1.86. The molecule has 12 heavy (non-hydrogen) atoms. The number of hydrogen-bond donors (Lipinski definition) is 2. The van der Waals surface area contributed by atoms with Crippen LogP contribution in [-0.2, 0) is 0 Å². The van der Waals surface area contributed by atoms with Gasteiger partial charge in [0, 0.05) is 0 Å².